The van der Waals surface area contributed by atoms with Crippen LogP contribution in [0.25, 0.3) is 0 Å². The molecule has 0 aliphatic rings. The van der Waals surface area contributed by atoms with E-state index in [0.29, 0.717) is 0 Å². The minimum Gasteiger partial charge on any atom is -0.0952 e. The van der Waals surface area contributed by atoms with Crippen molar-refractivity contribution in [3.8, 4) is 0 Å². The summed E-state index contributed by atoms with van der Waals surface area (Å²) in [6.45, 7) is 13.7. The molecule has 0 atom stereocenters. The zero-order chi connectivity index (χ0) is 9.56. The van der Waals surface area contributed by atoms with E-state index in [0.717, 1.165) is 10.5 Å². The Balaban J connectivity index is 4.43. The highest BCUT2D eigenvalue weighted by atomic mass is 32.2. The lowest BCUT2D eigenvalue weighted by molar-refractivity contribution is 1.52. The topological polar surface area (TPSA) is 0 Å². The van der Waals surface area contributed by atoms with Crippen LogP contribution in [0.3, 0.4) is 0 Å². The third-order valence-corrected chi connectivity index (χ3v) is 2.20. The van der Waals surface area contributed by atoms with E-state index in [4.69, 9.17) is 0 Å². The molecule has 0 amide bonds. The Morgan fingerprint density at radius 1 is 1.25 bits per heavy atom. The molecule has 0 aromatic rings. The molecular weight excluding hydrogens is 164 g/mol. The highest BCUT2D eigenvalue weighted by molar-refractivity contribution is 8.06. The van der Waals surface area contributed by atoms with Crippen LogP contribution in [0.2, 0.25) is 0 Å². The molecule has 0 fully saturated rings. The second-order valence-electron chi connectivity index (χ2n) is 2.64. The summed E-state index contributed by atoms with van der Waals surface area (Å²) in [5, 5.41) is 0. The van der Waals surface area contributed by atoms with Gasteiger partial charge in [0.2, 0.25) is 0 Å². The molecule has 0 aliphatic carbocycles. The molecule has 0 unspecified atom stereocenters. The fourth-order valence-corrected chi connectivity index (χ4v) is 1.33. The van der Waals surface area contributed by atoms with Gasteiger partial charge in [-0.2, -0.15) is 0 Å². The minimum absolute atomic E-state index is 1.08. The summed E-state index contributed by atoms with van der Waals surface area (Å²) >= 11 is 1.66. The van der Waals surface area contributed by atoms with Crippen molar-refractivity contribution in [2.75, 3.05) is 0 Å². The first-order valence-electron chi connectivity index (χ1n) is 3.90. The van der Waals surface area contributed by atoms with Gasteiger partial charge in [-0.1, -0.05) is 37.1 Å². The van der Waals surface area contributed by atoms with Crippen molar-refractivity contribution in [3.63, 3.8) is 0 Å². The summed E-state index contributed by atoms with van der Waals surface area (Å²) in [4.78, 5) is 2.27. The Kier molecular flexibility index (Phi) is 5.56. The molecule has 1 heteroatoms. The molecule has 0 saturated heterocycles. The Morgan fingerprint density at radius 3 is 2.17 bits per heavy atom. The second kappa shape index (κ2) is 5.90. The summed E-state index contributed by atoms with van der Waals surface area (Å²) in [5.41, 5.74) is 1.08. The lowest BCUT2D eigenvalue weighted by atomic mass is 10.3. The Morgan fingerprint density at radius 2 is 1.83 bits per heavy atom. The third-order valence-electron chi connectivity index (χ3n) is 1.14. The fraction of sp³-hybridized carbons (Fsp3) is 0.273. The highest BCUT2D eigenvalue weighted by Gasteiger charge is 1.97. The van der Waals surface area contributed by atoms with E-state index in [1.165, 1.54) is 4.91 Å². The first-order chi connectivity index (χ1) is 5.57. The summed E-state index contributed by atoms with van der Waals surface area (Å²) in [6, 6.07) is 0. The predicted molar refractivity (Wildman–Crippen MR) is 60.1 cm³/mol. The molecule has 0 aliphatic heterocycles. The first kappa shape index (κ1) is 11.3. The van der Waals surface area contributed by atoms with Gasteiger partial charge in [0, 0.05) is 4.91 Å². The van der Waals surface area contributed by atoms with Crippen LogP contribution in [-0.2, 0) is 0 Å². The van der Waals surface area contributed by atoms with Gasteiger partial charge in [-0.25, -0.2) is 0 Å². The van der Waals surface area contributed by atoms with Gasteiger partial charge in [0.15, 0.2) is 0 Å². The molecule has 0 radical (unpaired) electrons. The quantitative estimate of drug-likeness (QED) is 0.582. The van der Waals surface area contributed by atoms with Crippen LogP contribution in [0.1, 0.15) is 20.8 Å². The highest BCUT2D eigenvalue weighted by Crippen LogP contribution is 2.28. The number of hydrogen-bond acceptors (Lipinski definition) is 1. The molecule has 0 nitrogen and oxygen atoms in total. The van der Waals surface area contributed by atoms with E-state index in [-0.39, 0.29) is 0 Å². The van der Waals surface area contributed by atoms with Gasteiger partial charge in [0.25, 0.3) is 0 Å². The van der Waals surface area contributed by atoms with Crippen molar-refractivity contribution in [1.82, 2.24) is 0 Å². The van der Waals surface area contributed by atoms with Gasteiger partial charge in [-0.3, -0.25) is 0 Å². The number of thioether (sulfide) groups is 1. The molecule has 66 valence electrons. The average Bonchev–Trinajstić information content (AvgIpc) is 1.96. The van der Waals surface area contributed by atoms with Crippen LogP contribution in [0.4, 0.5) is 0 Å². The normalized spacial score (nSPS) is 12.1. The molecule has 0 saturated carbocycles. The molecule has 0 aromatic carbocycles. The number of hydrogen-bond donors (Lipinski definition) is 0. The fourth-order valence-electron chi connectivity index (χ4n) is 0.635. The third kappa shape index (κ3) is 5.03. The van der Waals surface area contributed by atoms with Crippen LogP contribution in [0.5, 0.6) is 0 Å². The lowest BCUT2D eigenvalue weighted by Gasteiger charge is -2.03. The SMILES string of the molecule is C=C(C)S/C(=C/C=C\C)C(=C)C. The van der Waals surface area contributed by atoms with Crippen LogP contribution in [0, 0.1) is 0 Å². The van der Waals surface area contributed by atoms with E-state index in [9.17, 15) is 0 Å². The van der Waals surface area contributed by atoms with E-state index in [1.807, 2.05) is 32.9 Å². The van der Waals surface area contributed by atoms with Crippen molar-refractivity contribution in [3.05, 3.63) is 46.8 Å². The smallest absolute Gasteiger partial charge is 0.0141 e. The first-order valence-corrected chi connectivity index (χ1v) is 4.71. The number of rotatable bonds is 4. The second-order valence-corrected chi connectivity index (χ2v) is 3.98. The molecule has 0 rings (SSSR count). The molecule has 0 aromatic heterocycles. The van der Waals surface area contributed by atoms with E-state index in [2.05, 4.69) is 19.2 Å². The van der Waals surface area contributed by atoms with Gasteiger partial charge in [-0.15, -0.1) is 0 Å². The summed E-state index contributed by atoms with van der Waals surface area (Å²) in [7, 11) is 0. The number of allylic oxidation sites excluding steroid dienone is 5. The maximum atomic E-state index is 3.90. The van der Waals surface area contributed by atoms with E-state index < -0.39 is 0 Å². The van der Waals surface area contributed by atoms with E-state index in [1.54, 1.807) is 11.8 Å². The minimum atomic E-state index is 1.08. The van der Waals surface area contributed by atoms with Crippen LogP contribution in [0.15, 0.2) is 46.8 Å². The molecule has 12 heavy (non-hydrogen) atoms. The maximum Gasteiger partial charge on any atom is 0.0141 e. The predicted octanol–water partition coefficient (Wildman–Crippen LogP) is 4.29. The zero-order valence-corrected chi connectivity index (χ0v) is 8.87. The van der Waals surface area contributed by atoms with Crippen molar-refractivity contribution >= 4 is 11.8 Å². The Hall–Kier alpha value is -0.690. The van der Waals surface area contributed by atoms with Gasteiger partial charge in [0.05, 0.1) is 0 Å². The lowest BCUT2D eigenvalue weighted by Crippen LogP contribution is -1.76. The standard InChI is InChI=1S/C11H16S/c1-6-7-8-11(9(2)3)12-10(4)5/h6-8H,2,4H2,1,3,5H3/b7-6-,11-8+. The molecule has 0 spiro atoms. The van der Waals surface area contributed by atoms with Crippen molar-refractivity contribution in [2.45, 2.75) is 20.8 Å². The summed E-state index contributed by atoms with van der Waals surface area (Å²) in [6.07, 6.45) is 6.07. The maximum absolute atomic E-state index is 3.90. The zero-order valence-electron chi connectivity index (χ0n) is 8.05. The molecule has 0 heterocycles. The van der Waals surface area contributed by atoms with E-state index >= 15 is 0 Å². The molecule has 0 bridgehead atoms. The van der Waals surface area contributed by atoms with Crippen LogP contribution < -0.4 is 0 Å². The van der Waals surface area contributed by atoms with Crippen molar-refractivity contribution < 1.29 is 0 Å². The summed E-state index contributed by atoms with van der Waals surface area (Å²) < 4.78 is 0. The van der Waals surface area contributed by atoms with Gasteiger partial charge in [0.1, 0.15) is 0 Å². The van der Waals surface area contributed by atoms with Gasteiger partial charge < -0.3 is 0 Å². The van der Waals surface area contributed by atoms with Crippen LogP contribution in [-0.4, -0.2) is 0 Å². The van der Waals surface area contributed by atoms with Crippen molar-refractivity contribution in [1.29, 1.82) is 0 Å². The summed E-state index contributed by atoms with van der Waals surface area (Å²) in [5.74, 6) is 0. The average molecular weight is 180 g/mol. The van der Waals surface area contributed by atoms with Gasteiger partial charge in [-0.05, 0) is 37.3 Å². The van der Waals surface area contributed by atoms with Crippen LogP contribution >= 0.6 is 11.8 Å². The monoisotopic (exact) mass is 180 g/mol. The van der Waals surface area contributed by atoms with Crippen molar-refractivity contribution in [2.24, 2.45) is 0 Å². The Bertz CT molecular complexity index is 231. The molecular formula is C11H16S. The Labute approximate surface area is 79.8 Å². The van der Waals surface area contributed by atoms with Gasteiger partial charge >= 0.3 is 0 Å². The largest absolute Gasteiger partial charge is 0.0952 e. The molecule has 0 N–H and O–H groups in total.